The van der Waals surface area contributed by atoms with Crippen LogP contribution in [0.4, 0.5) is 4.79 Å². The second-order valence-electron chi connectivity index (χ2n) is 9.23. The van der Waals surface area contributed by atoms with Crippen LogP contribution < -0.4 is 5.32 Å². The first-order chi connectivity index (χ1) is 17.2. The van der Waals surface area contributed by atoms with Crippen LogP contribution >= 0.6 is 0 Å². The van der Waals surface area contributed by atoms with Crippen LogP contribution in [0.3, 0.4) is 0 Å². The molecule has 0 spiro atoms. The van der Waals surface area contributed by atoms with E-state index in [0.29, 0.717) is 29.8 Å². The summed E-state index contributed by atoms with van der Waals surface area (Å²) in [4.78, 5) is 20.6. The Balaban J connectivity index is 1.35. The van der Waals surface area contributed by atoms with E-state index in [9.17, 15) is 4.79 Å². The molecule has 184 valence electrons. The summed E-state index contributed by atoms with van der Waals surface area (Å²) in [6.45, 7) is 7.75. The Morgan fingerprint density at radius 1 is 1.03 bits per heavy atom. The van der Waals surface area contributed by atoms with E-state index in [2.05, 4.69) is 25.6 Å². The van der Waals surface area contributed by atoms with Crippen LogP contribution in [0.25, 0.3) is 33.9 Å². The van der Waals surface area contributed by atoms with E-state index in [1.807, 2.05) is 53.2 Å². The molecule has 2 aromatic carbocycles. The average molecular weight is 488 g/mol. The minimum Gasteiger partial charge on any atom is -0.444 e. The molecule has 11 heteroatoms. The number of alkyl carbamates (subject to hydrolysis) is 1. The maximum absolute atomic E-state index is 11.9. The van der Waals surface area contributed by atoms with Crippen molar-refractivity contribution in [1.82, 2.24) is 35.4 Å². The third-order valence-corrected chi connectivity index (χ3v) is 5.19. The Hall–Kier alpha value is -4.54. The van der Waals surface area contributed by atoms with Crippen LogP contribution in [0.1, 0.15) is 38.0 Å². The van der Waals surface area contributed by atoms with E-state index in [-0.39, 0.29) is 12.4 Å². The van der Waals surface area contributed by atoms with Crippen molar-refractivity contribution in [3.63, 3.8) is 0 Å². The topological polar surface area (TPSA) is 134 Å². The Kier molecular flexibility index (Phi) is 5.96. The Morgan fingerprint density at radius 2 is 1.81 bits per heavy atom. The summed E-state index contributed by atoms with van der Waals surface area (Å²) < 4.78 is 17.7. The molecule has 5 rings (SSSR count). The molecule has 0 aliphatic heterocycles. The van der Waals surface area contributed by atoms with Gasteiger partial charge in [-0.2, -0.15) is 15.1 Å². The molecule has 0 fully saturated rings. The number of nitrogens with zero attached hydrogens (tertiary/aromatic N) is 6. The third kappa shape index (κ3) is 5.09. The number of aromatic nitrogens is 6. The summed E-state index contributed by atoms with van der Waals surface area (Å²) in [5.41, 5.74) is 2.83. The van der Waals surface area contributed by atoms with Crippen LogP contribution in [-0.4, -0.2) is 41.8 Å². The molecular weight excluding hydrogens is 462 g/mol. The number of hydrogen-bond acceptors (Lipinski definition) is 9. The second-order valence-corrected chi connectivity index (χ2v) is 9.23. The lowest BCUT2D eigenvalue weighted by atomic mass is 10.1. The predicted molar refractivity (Wildman–Crippen MR) is 130 cm³/mol. The van der Waals surface area contributed by atoms with Crippen LogP contribution in [0.5, 0.6) is 0 Å². The molecule has 5 aromatic rings. The monoisotopic (exact) mass is 487 g/mol. The summed E-state index contributed by atoms with van der Waals surface area (Å²) in [5.74, 6) is 1.67. The van der Waals surface area contributed by atoms with Crippen molar-refractivity contribution in [3.8, 4) is 23.0 Å². The number of nitrogens with one attached hydrogen (secondary N) is 1. The molecule has 36 heavy (non-hydrogen) atoms. The summed E-state index contributed by atoms with van der Waals surface area (Å²) >= 11 is 0. The molecule has 11 nitrogen and oxygen atoms in total. The molecule has 0 radical (unpaired) electrons. The van der Waals surface area contributed by atoms with Crippen molar-refractivity contribution in [2.45, 2.75) is 46.4 Å². The van der Waals surface area contributed by atoms with Gasteiger partial charge in [-0.05, 0) is 32.4 Å². The lowest BCUT2D eigenvalue weighted by Gasteiger charge is -2.19. The number of hydrogen-bond donors (Lipinski definition) is 1. The Labute approximate surface area is 206 Å². The maximum atomic E-state index is 11.9. The highest BCUT2D eigenvalue weighted by atomic mass is 16.6. The lowest BCUT2D eigenvalue weighted by molar-refractivity contribution is 0.0522. The van der Waals surface area contributed by atoms with Crippen LogP contribution in [-0.2, 0) is 17.8 Å². The van der Waals surface area contributed by atoms with Crippen LogP contribution in [0.15, 0.2) is 57.6 Å². The Morgan fingerprint density at radius 3 is 2.53 bits per heavy atom. The Bertz CT molecular complexity index is 1510. The van der Waals surface area contributed by atoms with Gasteiger partial charge in [-0.3, -0.25) is 4.68 Å². The summed E-state index contributed by atoms with van der Waals surface area (Å²) in [6, 6.07) is 15.7. The van der Waals surface area contributed by atoms with Gasteiger partial charge in [0.25, 0.3) is 5.89 Å². The first-order valence-electron chi connectivity index (χ1n) is 11.4. The summed E-state index contributed by atoms with van der Waals surface area (Å²) in [5, 5.41) is 16.2. The van der Waals surface area contributed by atoms with Gasteiger partial charge in [0.15, 0.2) is 11.5 Å². The highest BCUT2D eigenvalue weighted by molar-refractivity contribution is 5.91. The molecule has 0 unspecified atom stereocenters. The van der Waals surface area contributed by atoms with Gasteiger partial charge < -0.3 is 19.1 Å². The number of ether oxygens (including phenoxy) is 1. The van der Waals surface area contributed by atoms with E-state index in [4.69, 9.17) is 18.9 Å². The zero-order valence-electron chi connectivity index (χ0n) is 20.3. The number of carbonyl (C=O) groups is 1. The van der Waals surface area contributed by atoms with Gasteiger partial charge in [-0.15, -0.1) is 0 Å². The van der Waals surface area contributed by atoms with Crippen molar-refractivity contribution in [2.75, 3.05) is 0 Å². The molecule has 1 N–H and O–H groups in total. The van der Waals surface area contributed by atoms with Crippen molar-refractivity contribution in [2.24, 2.45) is 0 Å². The molecule has 0 saturated carbocycles. The van der Waals surface area contributed by atoms with E-state index in [1.165, 1.54) is 0 Å². The third-order valence-electron chi connectivity index (χ3n) is 5.19. The number of aryl methyl sites for hydroxylation is 1. The highest BCUT2D eigenvalue weighted by Gasteiger charge is 2.20. The van der Waals surface area contributed by atoms with Crippen molar-refractivity contribution in [1.29, 1.82) is 0 Å². The molecule has 3 aromatic heterocycles. The number of para-hydroxylation sites is 1. The van der Waals surface area contributed by atoms with Crippen LogP contribution in [0.2, 0.25) is 0 Å². The molecule has 0 aliphatic rings. The smallest absolute Gasteiger partial charge is 0.408 e. The van der Waals surface area contributed by atoms with Gasteiger partial charge in [0.05, 0.1) is 18.6 Å². The van der Waals surface area contributed by atoms with Gasteiger partial charge >= 0.3 is 6.09 Å². The second kappa shape index (κ2) is 9.25. The lowest BCUT2D eigenvalue weighted by Crippen LogP contribution is -2.32. The predicted octanol–water partition coefficient (Wildman–Crippen LogP) is 4.52. The van der Waals surface area contributed by atoms with Gasteiger partial charge in [0.2, 0.25) is 11.7 Å². The fourth-order valence-electron chi connectivity index (χ4n) is 3.64. The SMILES string of the molecule is Cc1nc(-c2ccc(Cn3nc(-c4nc(CNC(=O)OC(C)(C)C)no4)c4ccccc43)cc2)no1. The van der Waals surface area contributed by atoms with E-state index < -0.39 is 11.7 Å². The largest absolute Gasteiger partial charge is 0.444 e. The normalized spacial score (nSPS) is 11.7. The fourth-order valence-corrected chi connectivity index (χ4v) is 3.64. The molecule has 1 amide bonds. The zero-order chi connectivity index (χ0) is 25.3. The van der Waals surface area contributed by atoms with Crippen molar-refractivity contribution < 1.29 is 18.6 Å². The first-order valence-corrected chi connectivity index (χ1v) is 11.4. The zero-order valence-corrected chi connectivity index (χ0v) is 20.3. The number of rotatable bonds is 6. The number of carbonyl (C=O) groups excluding carboxylic acids is 1. The van der Waals surface area contributed by atoms with E-state index >= 15 is 0 Å². The minimum absolute atomic E-state index is 0.0727. The summed E-state index contributed by atoms with van der Waals surface area (Å²) in [6.07, 6.45) is -0.552. The van der Waals surface area contributed by atoms with Crippen molar-refractivity contribution >= 4 is 17.0 Å². The standard InChI is InChI=1S/C25H25N7O4/c1-15-27-22(31-35-15)17-11-9-16(10-12-17)14-32-19-8-6-5-7-18(19)21(29-32)23-28-20(30-36-23)13-26-24(33)34-25(2,3)4/h5-12H,13-14H2,1-4H3,(H,26,33). The minimum atomic E-state index is -0.593. The van der Waals surface area contributed by atoms with Crippen LogP contribution in [0, 0.1) is 6.92 Å². The van der Waals surface area contributed by atoms with Crippen molar-refractivity contribution in [3.05, 3.63) is 65.8 Å². The van der Waals surface area contributed by atoms with E-state index in [1.54, 1.807) is 27.7 Å². The van der Waals surface area contributed by atoms with Gasteiger partial charge in [-0.1, -0.05) is 52.8 Å². The molecule has 3 heterocycles. The quantitative estimate of drug-likeness (QED) is 0.367. The van der Waals surface area contributed by atoms with E-state index in [0.717, 1.165) is 22.0 Å². The van der Waals surface area contributed by atoms with Gasteiger partial charge in [0.1, 0.15) is 5.60 Å². The number of benzene rings is 2. The molecule has 0 saturated heterocycles. The maximum Gasteiger partial charge on any atom is 0.408 e. The summed E-state index contributed by atoms with van der Waals surface area (Å²) in [7, 11) is 0. The molecule has 0 aliphatic carbocycles. The molecular formula is C25H25N7O4. The fraction of sp³-hybridized carbons (Fsp3) is 0.280. The number of fused-ring (bicyclic) bond motifs is 1. The number of amides is 1. The highest BCUT2D eigenvalue weighted by Crippen LogP contribution is 2.27. The van der Waals surface area contributed by atoms with Gasteiger partial charge in [0, 0.05) is 17.9 Å². The first kappa shape index (κ1) is 23.2. The van der Waals surface area contributed by atoms with Gasteiger partial charge in [-0.25, -0.2) is 4.79 Å². The average Bonchev–Trinajstić information content (AvgIpc) is 3.56. The molecule has 0 atom stereocenters. The molecule has 0 bridgehead atoms.